The second-order valence-electron chi connectivity index (χ2n) is 7.32. The number of fused-ring (bicyclic) bond motifs is 1. The van der Waals surface area contributed by atoms with Crippen LogP contribution in [-0.4, -0.2) is 68.0 Å². The first kappa shape index (κ1) is 16.7. The van der Waals surface area contributed by atoms with Gasteiger partial charge in [-0.2, -0.15) is 5.10 Å². The number of rotatable bonds is 6. The number of aliphatic hydroxyl groups excluding tert-OH is 1. The Labute approximate surface area is 149 Å². The number of aliphatic hydroxyl groups is 1. The Morgan fingerprint density at radius 1 is 1.16 bits per heavy atom. The minimum Gasteiger partial charge on any atom is -0.390 e. The zero-order chi connectivity index (χ0) is 17.1. The Hall–Kier alpha value is -1.76. The van der Waals surface area contributed by atoms with Crippen molar-refractivity contribution in [1.29, 1.82) is 0 Å². The molecule has 6 heteroatoms. The van der Waals surface area contributed by atoms with Crippen LogP contribution < -0.4 is 0 Å². The number of hydrogen-bond acceptors (Lipinski definition) is 5. The molecule has 4 rings (SSSR count). The molecule has 0 radical (unpaired) electrons. The molecule has 1 saturated heterocycles. The lowest BCUT2D eigenvalue weighted by Gasteiger charge is -2.32. The highest BCUT2D eigenvalue weighted by molar-refractivity contribution is 5.29. The van der Waals surface area contributed by atoms with Crippen LogP contribution in [0.5, 0.6) is 0 Å². The summed E-state index contributed by atoms with van der Waals surface area (Å²) < 4.78 is 1.90. The normalized spacial score (nSPS) is 22.8. The van der Waals surface area contributed by atoms with Crippen LogP contribution in [-0.2, 0) is 19.5 Å². The molecule has 0 saturated carbocycles. The van der Waals surface area contributed by atoms with Gasteiger partial charge in [0.05, 0.1) is 12.6 Å². The molecule has 1 aromatic heterocycles. The van der Waals surface area contributed by atoms with Crippen LogP contribution in [0, 0.1) is 0 Å². The molecule has 2 aliphatic heterocycles. The number of nitrogens with zero attached hydrogens (tertiary/aromatic N) is 5. The Morgan fingerprint density at radius 3 is 2.88 bits per heavy atom. The number of benzene rings is 1. The summed E-state index contributed by atoms with van der Waals surface area (Å²) in [5, 5.41) is 14.9. The van der Waals surface area contributed by atoms with Gasteiger partial charge >= 0.3 is 0 Å². The van der Waals surface area contributed by atoms with Crippen LogP contribution in [0.15, 0.2) is 36.9 Å². The number of hydrogen-bond donors (Lipinski definition) is 1. The predicted octanol–water partition coefficient (Wildman–Crippen LogP) is 1.16. The molecule has 3 heterocycles. The second-order valence-corrected chi connectivity index (χ2v) is 7.32. The van der Waals surface area contributed by atoms with Crippen molar-refractivity contribution in [3.05, 3.63) is 48.0 Å². The molecule has 2 aromatic rings. The largest absolute Gasteiger partial charge is 0.390 e. The van der Waals surface area contributed by atoms with Crippen molar-refractivity contribution in [2.75, 3.05) is 26.2 Å². The van der Waals surface area contributed by atoms with Gasteiger partial charge in [-0.25, -0.2) is 4.98 Å². The van der Waals surface area contributed by atoms with Crippen LogP contribution in [0.2, 0.25) is 0 Å². The maximum absolute atomic E-state index is 10.6. The van der Waals surface area contributed by atoms with Gasteiger partial charge in [0.1, 0.15) is 12.7 Å². The SMILES string of the molecule is O[C@@H](CN1CCc2ccccc2C1)CN1CCC[C@@H]1Cn1cncn1. The highest BCUT2D eigenvalue weighted by Crippen LogP contribution is 2.21. The fraction of sp³-hybridized carbons (Fsp3) is 0.579. The average Bonchev–Trinajstić information content (AvgIpc) is 3.28. The fourth-order valence-corrected chi connectivity index (χ4v) is 4.22. The summed E-state index contributed by atoms with van der Waals surface area (Å²) in [6.07, 6.45) is 6.51. The Morgan fingerprint density at radius 2 is 2.04 bits per heavy atom. The van der Waals surface area contributed by atoms with Gasteiger partial charge in [-0.3, -0.25) is 14.5 Å². The number of aromatic nitrogens is 3. The molecule has 0 amide bonds. The molecule has 25 heavy (non-hydrogen) atoms. The van der Waals surface area contributed by atoms with E-state index in [0.29, 0.717) is 6.04 Å². The third kappa shape index (κ3) is 4.08. The van der Waals surface area contributed by atoms with Crippen molar-refractivity contribution in [3.8, 4) is 0 Å². The molecule has 134 valence electrons. The molecular weight excluding hydrogens is 314 g/mol. The molecular formula is C19H27N5O. The topological polar surface area (TPSA) is 57.4 Å². The minimum absolute atomic E-state index is 0.304. The number of β-amino-alcohol motifs (C(OH)–C–C–N with tert-alkyl or cyclic N) is 1. The monoisotopic (exact) mass is 341 g/mol. The maximum Gasteiger partial charge on any atom is 0.137 e. The molecule has 6 nitrogen and oxygen atoms in total. The summed E-state index contributed by atoms with van der Waals surface area (Å²) in [7, 11) is 0. The van der Waals surface area contributed by atoms with E-state index in [9.17, 15) is 5.11 Å². The van der Waals surface area contributed by atoms with Crippen molar-refractivity contribution in [2.24, 2.45) is 0 Å². The van der Waals surface area contributed by atoms with Crippen LogP contribution >= 0.6 is 0 Å². The highest BCUT2D eigenvalue weighted by Gasteiger charge is 2.28. The van der Waals surface area contributed by atoms with Gasteiger partial charge < -0.3 is 5.11 Å². The first-order valence-corrected chi connectivity index (χ1v) is 9.31. The zero-order valence-electron chi connectivity index (χ0n) is 14.7. The van der Waals surface area contributed by atoms with E-state index in [1.54, 1.807) is 12.7 Å². The maximum atomic E-state index is 10.6. The van der Waals surface area contributed by atoms with Gasteiger partial charge in [-0.05, 0) is 36.9 Å². The molecule has 2 atom stereocenters. The van der Waals surface area contributed by atoms with E-state index in [1.165, 1.54) is 24.0 Å². The van der Waals surface area contributed by atoms with Crippen molar-refractivity contribution >= 4 is 0 Å². The smallest absolute Gasteiger partial charge is 0.137 e. The van der Waals surface area contributed by atoms with Gasteiger partial charge in [0, 0.05) is 32.2 Å². The zero-order valence-corrected chi connectivity index (χ0v) is 14.7. The molecule has 0 unspecified atom stereocenters. The van der Waals surface area contributed by atoms with Crippen molar-refractivity contribution in [1.82, 2.24) is 24.6 Å². The van der Waals surface area contributed by atoms with E-state index in [1.807, 2.05) is 4.68 Å². The molecule has 0 spiro atoms. The highest BCUT2D eigenvalue weighted by atomic mass is 16.3. The van der Waals surface area contributed by atoms with Gasteiger partial charge in [0.2, 0.25) is 0 Å². The Kier molecular flexibility index (Phi) is 5.10. The van der Waals surface area contributed by atoms with Crippen molar-refractivity contribution < 1.29 is 5.11 Å². The second kappa shape index (κ2) is 7.64. The molecule has 2 aliphatic rings. The lowest BCUT2D eigenvalue weighted by atomic mass is 10.00. The molecule has 1 fully saturated rings. The van der Waals surface area contributed by atoms with Crippen molar-refractivity contribution in [3.63, 3.8) is 0 Å². The van der Waals surface area contributed by atoms with Crippen LogP contribution in [0.4, 0.5) is 0 Å². The van der Waals surface area contributed by atoms with Gasteiger partial charge in [0.15, 0.2) is 0 Å². The summed E-state index contributed by atoms with van der Waals surface area (Å²) >= 11 is 0. The van der Waals surface area contributed by atoms with E-state index in [2.05, 4.69) is 44.1 Å². The van der Waals surface area contributed by atoms with Gasteiger partial charge in [0.25, 0.3) is 0 Å². The number of likely N-dealkylation sites (tertiary alicyclic amines) is 1. The van der Waals surface area contributed by atoms with Crippen LogP contribution in [0.3, 0.4) is 0 Å². The summed E-state index contributed by atoms with van der Waals surface area (Å²) in [6, 6.07) is 9.12. The van der Waals surface area contributed by atoms with Crippen LogP contribution in [0.25, 0.3) is 0 Å². The fourth-order valence-electron chi connectivity index (χ4n) is 4.22. The first-order valence-electron chi connectivity index (χ1n) is 9.31. The third-order valence-corrected chi connectivity index (χ3v) is 5.49. The summed E-state index contributed by atoms with van der Waals surface area (Å²) in [6.45, 7) is 5.42. The van der Waals surface area contributed by atoms with E-state index in [4.69, 9.17) is 0 Å². The Bertz CT molecular complexity index is 674. The van der Waals surface area contributed by atoms with E-state index in [-0.39, 0.29) is 6.10 Å². The van der Waals surface area contributed by atoms with E-state index in [0.717, 1.165) is 45.7 Å². The van der Waals surface area contributed by atoms with Crippen molar-refractivity contribution in [2.45, 2.75) is 44.5 Å². The first-order chi connectivity index (χ1) is 12.3. The Balaban J connectivity index is 1.29. The standard InChI is InChI=1S/C19H27N5O/c25-19(12-22-9-7-16-4-1-2-5-17(16)10-22)13-23-8-3-6-18(23)11-24-15-20-14-21-24/h1-2,4-5,14-15,18-19,25H,3,6-13H2/t18-,19+/m1/s1. The van der Waals surface area contributed by atoms with Crippen LogP contribution in [0.1, 0.15) is 24.0 Å². The quantitative estimate of drug-likeness (QED) is 0.854. The summed E-state index contributed by atoms with van der Waals surface area (Å²) in [4.78, 5) is 8.83. The third-order valence-electron chi connectivity index (χ3n) is 5.49. The molecule has 1 N–H and O–H groups in total. The van der Waals surface area contributed by atoms with Gasteiger partial charge in [-0.15, -0.1) is 0 Å². The van der Waals surface area contributed by atoms with E-state index < -0.39 is 0 Å². The average molecular weight is 341 g/mol. The predicted molar refractivity (Wildman–Crippen MR) is 96.0 cm³/mol. The van der Waals surface area contributed by atoms with E-state index >= 15 is 0 Å². The lowest BCUT2D eigenvalue weighted by Crippen LogP contribution is -2.44. The lowest BCUT2D eigenvalue weighted by molar-refractivity contribution is 0.0621. The molecule has 0 aliphatic carbocycles. The molecule has 0 bridgehead atoms. The minimum atomic E-state index is -0.304. The molecule has 1 aromatic carbocycles. The van der Waals surface area contributed by atoms with Gasteiger partial charge in [-0.1, -0.05) is 24.3 Å². The summed E-state index contributed by atoms with van der Waals surface area (Å²) in [5.41, 5.74) is 2.87. The summed E-state index contributed by atoms with van der Waals surface area (Å²) in [5.74, 6) is 0.